The van der Waals surface area contributed by atoms with Crippen LogP contribution in [0.2, 0.25) is 10.0 Å². The van der Waals surface area contributed by atoms with Crippen molar-refractivity contribution in [2.24, 2.45) is 5.11 Å². The summed E-state index contributed by atoms with van der Waals surface area (Å²) in [6.07, 6.45) is -4.96. The average molecular weight is 476 g/mol. The fourth-order valence-corrected chi connectivity index (χ4v) is 3.14. The Labute approximate surface area is 187 Å². The van der Waals surface area contributed by atoms with Gasteiger partial charge in [-0.2, -0.15) is 0 Å². The van der Waals surface area contributed by atoms with Gasteiger partial charge in [-0.3, -0.25) is 14.4 Å². The Kier molecular flexibility index (Phi) is 8.76. The van der Waals surface area contributed by atoms with Gasteiger partial charge in [-0.05, 0) is 17.7 Å². The summed E-state index contributed by atoms with van der Waals surface area (Å²) in [6, 6.07) is 3.12. The first-order chi connectivity index (χ1) is 14.6. The van der Waals surface area contributed by atoms with Gasteiger partial charge < -0.3 is 23.7 Å². The normalized spacial score (nSPS) is 25.0. The van der Waals surface area contributed by atoms with Crippen LogP contribution in [0.25, 0.3) is 10.4 Å². The van der Waals surface area contributed by atoms with E-state index in [1.807, 2.05) is 0 Å². The van der Waals surface area contributed by atoms with E-state index < -0.39 is 48.6 Å². The third kappa shape index (κ3) is 6.90. The molecule has 0 N–H and O–H groups in total. The van der Waals surface area contributed by atoms with E-state index in [0.29, 0.717) is 0 Å². The summed E-state index contributed by atoms with van der Waals surface area (Å²) < 4.78 is 27.1. The maximum Gasteiger partial charge on any atom is 0.303 e. The summed E-state index contributed by atoms with van der Waals surface area (Å²) in [5.41, 5.74) is 9.05. The smallest absolute Gasteiger partial charge is 0.303 e. The fraction of sp³-hybridized carbons (Fsp3) is 0.500. The molecular weight excluding hydrogens is 457 g/mol. The van der Waals surface area contributed by atoms with E-state index in [2.05, 4.69) is 10.0 Å². The van der Waals surface area contributed by atoms with E-state index in [1.165, 1.54) is 25.1 Å². The van der Waals surface area contributed by atoms with Crippen LogP contribution in [0.4, 0.5) is 0 Å². The third-order valence-corrected chi connectivity index (χ3v) is 4.74. The molecule has 0 saturated carbocycles. The first-order valence-electron chi connectivity index (χ1n) is 8.91. The summed E-state index contributed by atoms with van der Waals surface area (Å²) in [6.45, 7) is 3.10. The van der Waals surface area contributed by atoms with Crippen molar-refractivity contribution < 1.29 is 38.1 Å². The summed E-state index contributed by atoms with van der Waals surface area (Å²) in [5.74, 6) is -1.86. The number of ether oxygens (including phenoxy) is 5. The van der Waals surface area contributed by atoms with E-state index in [-0.39, 0.29) is 22.4 Å². The molecular formula is C18H19Cl2N3O8. The van der Waals surface area contributed by atoms with Crippen molar-refractivity contribution in [1.82, 2.24) is 0 Å². The van der Waals surface area contributed by atoms with Crippen LogP contribution in [0.5, 0.6) is 5.75 Å². The summed E-state index contributed by atoms with van der Waals surface area (Å²) in [5, 5.41) is 4.11. The second kappa shape index (κ2) is 11.1. The molecule has 1 aromatic rings. The van der Waals surface area contributed by atoms with Crippen LogP contribution in [-0.4, -0.2) is 55.2 Å². The molecule has 1 saturated heterocycles. The lowest BCUT2D eigenvalue weighted by Crippen LogP contribution is -2.61. The molecule has 11 nitrogen and oxygen atoms in total. The Bertz CT molecular complexity index is 893. The van der Waals surface area contributed by atoms with Crippen molar-refractivity contribution in [1.29, 1.82) is 0 Å². The highest BCUT2D eigenvalue weighted by molar-refractivity contribution is 6.42. The Morgan fingerprint density at radius 3 is 2.26 bits per heavy atom. The molecule has 13 heteroatoms. The van der Waals surface area contributed by atoms with Crippen molar-refractivity contribution in [3.05, 3.63) is 38.7 Å². The first-order valence-corrected chi connectivity index (χ1v) is 9.67. The average Bonchev–Trinajstić information content (AvgIpc) is 2.67. The molecule has 1 aliphatic rings. The van der Waals surface area contributed by atoms with Crippen molar-refractivity contribution >= 4 is 41.1 Å². The van der Waals surface area contributed by atoms with Crippen LogP contribution >= 0.6 is 23.2 Å². The van der Waals surface area contributed by atoms with E-state index in [1.54, 1.807) is 0 Å². The lowest BCUT2D eigenvalue weighted by atomic mass is 9.96. The van der Waals surface area contributed by atoms with Gasteiger partial charge in [0.25, 0.3) is 0 Å². The quantitative estimate of drug-likeness (QED) is 0.192. The number of carbonyl (C=O) groups excluding carboxylic acids is 3. The minimum Gasteiger partial charge on any atom is -0.463 e. The van der Waals surface area contributed by atoms with Gasteiger partial charge in [-0.15, -0.1) is 0 Å². The molecule has 2 rings (SSSR count). The maximum absolute atomic E-state index is 11.7. The van der Waals surface area contributed by atoms with E-state index in [4.69, 9.17) is 52.4 Å². The molecule has 5 atom stereocenters. The lowest BCUT2D eigenvalue weighted by Gasteiger charge is -2.43. The molecule has 1 fully saturated rings. The van der Waals surface area contributed by atoms with Crippen molar-refractivity contribution in [2.75, 3.05) is 6.61 Å². The second-order valence-electron chi connectivity index (χ2n) is 6.38. The van der Waals surface area contributed by atoms with Gasteiger partial charge in [0.2, 0.25) is 6.29 Å². The monoisotopic (exact) mass is 475 g/mol. The van der Waals surface area contributed by atoms with Crippen LogP contribution in [0.1, 0.15) is 20.8 Å². The van der Waals surface area contributed by atoms with Gasteiger partial charge in [0.05, 0.1) is 10.0 Å². The van der Waals surface area contributed by atoms with Crippen molar-refractivity contribution in [3.63, 3.8) is 0 Å². The highest BCUT2D eigenvalue weighted by atomic mass is 35.5. The zero-order chi connectivity index (χ0) is 23.1. The Hall–Kier alpha value is -2.72. The summed E-state index contributed by atoms with van der Waals surface area (Å²) >= 11 is 11.9. The van der Waals surface area contributed by atoms with E-state index >= 15 is 0 Å². The Balaban J connectivity index is 2.44. The Morgan fingerprint density at radius 1 is 1.06 bits per heavy atom. The summed E-state index contributed by atoms with van der Waals surface area (Å²) in [4.78, 5) is 37.4. The maximum atomic E-state index is 11.7. The molecule has 0 bridgehead atoms. The topological polar surface area (TPSA) is 146 Å². The Morgan fingerprint density at radius 2 is 1.71 bits per heavy atom. The third-order valence-electron chi connectivity index (χ3n) is 4.00. The number of halogens is 2. The number of rotatable bonds is 7. The van der Waals surface area contributed by atoms with Gasteiger partial charge in [0, 0.05) is 31.7 Å². The zero-order valence-corrected chi connectivity index (χ0v) is 18.2. The number of nitrogens with zero attached hydrogens (tertiary/aromatic N) is 3. The van der Waals surface area contributed by atoms with Gasteiger partial charge >= 0.3 is 17.9 Å². The molecule has 168 valence electrons. The first kappa shape index (κ1) is 24.5. The van der Waals surface area contributed by atoms with E-state index in [9.17, 15) is 14.4 Å². The highest BCUT2D eigenvalue weighted by Gasteiger charge is 2.51. The van der Waals surface area contributed by atoms with Crippen LogP contribution < -0.4 is 4.74 Å². The SMILES string of the molecule is CC(=O)OCC1O[C@H](Oc2ccc(Cl)c(Cl)c2)C(OC(C)=O)[C@@H](N=[N+]=[N-])[C@H]1OC(C)=O. The van der Waals surface area contributed by atoms with Gasteiger partial charge in [-0.1, -0.05) is 28.3 Å². The van der Waals surface area contributed by atoms with Crippen LogP contribution in [-0.2, 0) is 33.3 Å². The molecule has 0 aromatic heterocycles. The van der Waals surface area contributed by atoms with E-state index in [0.717, 1.165) is 13.8 Å². The molecule has 31 heavy (non-hydrogen) atoms. The number of hydrogen-bond donors (Lipinski definition) is 0. The lowest BCUT2D eigenvalue weighted by molar-refractivity contribution is -0.259. The molecule has 0 radical (unpaired) electrons. The number of benzene rings is 1. The second-order valence-corrected chi connectivity index (χ2v) is 7.20. The largest absolute Gasteiger partial charge is 0.463 e. The molecule has 0 aliphatic carbocycles. The number of carbonyl (C=O) groups is 3. The zero-order valence-electron chi connectivity index (χ0n) is 16.7. The van der Waals surface area contributed by atoms with Crippen molar-refractivity contribution in [3.8, 4) is 5.75 Å². The van der Waals surface area contributed by atoms with Gasteiger partial charge in [0.15, 0.2) is 6.10 Å². The molecule has 0 amide bonds. The minimum absolute atomic E-state index is 0.194. The molecule has 1 heterocycles. The van der Waals surface area contributed by atoms with Gasteiger partial charge in [0.1, 0.15) is 30.6 Å². The highest BCUT2D eigenvalue weighted by Crippen LogP contribution is 2.33. The number of hydrogen-bond acceptors (Lipinski definition) is 9. The van der Waals surface area contributed by atoms with Crippen molar-refractivity contribution in [2.45, 2.75) is 51.4 Å². The minimum atomic E-state index is -1.33. The fourth-order valence-electron chi connectivity index (χ4n) is 2.85. The summed E-state index contributed by atoms with van der Waals surface area (Å²) in [7, 11) is 0. The molecule has 0 spiro atoms. The predicted molar refractivity (Wildman–Crippen MR) is 106 cm³/mol. The van der Waals surface area contributed by atoms with Gasteiger partial charge in [-0.25, -0.2) is 0 Å². The van der Waals surface area contributed by atoms with Crippen LogP contribution in [0, 0.1) is 0 Å². The number of esters is 3. The van der Waals surface area contributed by atoms with Crippen LogP contribution in [0.3, 0.4) is 0 Å². The molecule has 1 aliphatic heterocycles. The molecule has 2 unspecified atom stereocenters. The number of azide groups is 1. The van der Waals surface area contributed by atoms with Crippen LogP contribution in [0.15, 0.2) is 23.3 Å². The molecule has 1 aromatic carbocycles. The standard InChI is InChI=1S/C18H19Cl2N3O8/c1-8(24)27-7-14-16(28-9(2)25)15(22-23-21)17(29-10(3)26)18(31-14)30-11-4-5-12(19)13(20)6-11/h4-6,14-18H,7H2,1-3H3/t14?,15-,16-,17?,18-/m0/s1. The predicted octanol–water partition coefficient (Wildman–Crippen LogP) is 3.20.